The second-order valence-electron chi connectivity index (χ2n) is 8.20. The number of piperidine rings is 1. The van der Waals surface area contributed by atoms with E-state index in [-0.39, 0.29) is 0 Å². The average Bonchev–Trinajstić information content (AvgIpc) is 3.31. The molecule has 0 amide bonds. The maximum absolute atomic E-state index is 10.6. The number of benzene rings is 3. The molecule has 1 aliphatic heterocycles. The van der Waals surface area contributed by atoms with Gasteiger partial charge < -0.3 is 15.7 Å². The monoisotopic (exact) mass is 486 g/mol. The molecule has 0 unspecified atom stereocenters. The van der Waals surface area contributed by atoms with Gasteiger partial charge in [0.05, 0.1) is 0 Å². The first-order chi connectivity index (χ1) is 16.3. The smallest absolute Gasteiger partial charge is 0.475 e. The van der Waals surface area contributed by atoms with Crippen LogP contribution in [0.4, 0.5) is 13.2 Å². The minimum absolute atomic E-state index is 0.621. The zero-order chi connectivity index (χ0) is 24.1. The molecule has 3 N–H and O–H groups in total. The molecule has 0 bridgehead atoms. The van der Waals surface area contributed by atoms with Crippen LogP contribution in [0, 0.1) is 0 Å². The van der Waals surface area contributed by atoms with Gasteiger partial charge in [0.15, 0.2) is 0 Å². The van der Waals surface area contributed by atoms with Gasteiger partial charge in [0, 0.05) is 17.3 Å². The number of hydrogen-bond donors (Lipinski definition) is 3. The van der Waals surface area contributed by atoms with E-state index in [0.29, 0.717) is 6.04 Å². The summed E-state index contributed by atoms with van der Waals surface area (Å²) in [6.07, 6.45) is -2.65. The van der Waals surface area contributed by atoms with Crippen LogP contribution in [0.5, 0.6) is 0 Å². The normalized spacial score (nSPS) is 14.7. The number of rotatable bonds is 4. The Bertz CT molecular complexity index is 1270. The van der Waals surface area contributed by atoms with Crippen LogP contribution >= 0.6 is 11.3 Å². The summed E-state index contributed by atoms with van der Waals surface area (Å²) in [5.41, 5.74) is 4.04. The average molecular weight is 487 g/mol. The van der Waals surface area contributed by atoms with Gasteiger partial charge in [-0.3, -0.25) is 0 Å². The Hall–Kier alpha value is -2.94. The number of alkyl halides is 3. The van der Waals surface area contributed by atoms with Crippen molar-refractivity contribution in [3.05, 3.63) is 71.6 Å². The molecule has 4 aromatic rings. The van der Waals surface area contributed by atoms with Gasteiger partial charge in [0.1, 0.15) is 0 Å². The molecule has 34 heavy (non-hydrogen) atoms. The number of carboxylic acids is 1. The van der Waals surface area contributed by atoms with Crippen molar-refractivity contribution < 1.29 is 23.1 Å². The van der Waals surface area contributed by atoms with E-state index in [1.54, 1.807) is 11.3 Å². The van der Waals surface area contributed by atoms with Crippen molar-refractivity contribution in [3.8, 4) is 11.1 Å². The summed E-state index contributed by atoms with van der Waals surface area (Å²) in [4.78, 5) is 8.90. The van der Waals surface area contributed by atoms with Crippen molar-refractivity contribution in [2.24, 2.45) is 0 Å². The minimum atomic E-state index is -5.08. The Kier molecular flexibility index (Phi) is 7.50. The van der Waals surface area contributed by atoms with E-state index in [9.17, 15) is 13.2 Å². The molecule has 5 rings (SSSR count). The minimum Gasteiger partial charge on any atom is -0.475 e. The Labute approximate surface area is 199 Å². The Morgan fingerprint density at radius 3 is 2.44 bits per heavy atom. The highest BCUT2D eigenvalue weighted by atomic mass is 32.1. The van der Waals surface area contributed by atoms with Crippen molar-refractivity contribution in [3.63, 3.8) is 0 Å². The number of thiophene rings is 1. The standard InChI is InChI=1S/C24H24N2S.C2HF3O2/c1-3-17-4-2-6-22(18-7-8-23-19(15-18)11-14-27-23)24(17)20(5-1)16-26-21-9-12-25-13-10-21;3-2(4,5)1(6)7/h1-8,11,14-15,21,25-26H,9-10,12-13,16H2;(H,6,7). The highest BCUT2D eigenvalue weighted by Crippen LogP contribution is 2.34. The number of fused-ring (bicyclic) bond motifs is 2. The third-order valence-corrected chi connectivity index (χ3v) is 6.82. The first-order valence-electron chi connectivity index (χ1n) is 11.1. The Balaban J connectivity index is 0.000000344. The van der Waals surface area contributed by atoms with Crippen LogP contribution in [0.3, 0.4) is 0 Å². The Morgan fingerprint density at radius 1 is 1.03 bits per heavy atom. The van der Waals surface area contributed by atoms with Crippen molar-refractivity contribution in [1.29, 1.82) is 0 Å². The van der Waals surface area contributed by atoms with Crippen LogP contribution in [0.25, 0.3) is 32.0 Å². The molecule has 1 saturated heterocycles. The lowest BCUT2D eigenvalue weighted by atomic mass is 9.94. The molecule has 1 aromatic heterocycles. The third-order valence-electron chi connectivity index (χ3n) is 5.92. The second-order valence-corrected chi connectivity index (χ2v) is 9.15. The van der Waals surface area contributed by atoms with E-state index in [2.05, 4.69) is 76.7 Å². The topological polar surface area (TPSA) is 61.4 Å². The fraction of sp³-hybridized carbons (Fsp3) is 0.269. The second kappa shape index (κ2) is 10.5. The summed E-state index contributed by atoms with van der Waals surface area (Å²) < 4.78 is 33.1. The van der Waals surface area contributed by atoms with Crippen LogP contribution in [-0.4, -0.2) is 36.4 Å². The molecular formula is C26H25F3N2O2S. The zero-order valence-corrected chi connectivity index (χ0v) is 19.2. The predicted octanol–water partition coefficient (Wildman–Crippen LogP) is 6.20. The molecule has 8 heteroatoms. The third kappa shape index (κ3) is 5.75. The Morgan fingerprint density at radius 2 is 1.74 bits per heavy atom. The molecule has 2 heterocycles. The SMILES string of the molecule is O=C(O)C(F)(F)F.c1cc(CNC2CCNCC2)c2c(-c3ccc4sccc4c3)cccc2c1. The lowest BCUT2D eigenvalue weighted by Gasteiger charge is -2.24. The van der Waals surface area contributed by atoms with E-state index in [0.717, 1.165) is 19.6 Å². The summed E-state index contributed by atoms with van der Waals surface area (Å²) in [7, 11) is 0. The number of halogens is 3. The molecular weight excluding hydrogens is 461 g/mol. The largest absolute Gasteiger partial charge is 0.490 e. The fourth-order valence-corrected chi connectivity index (χ4v) is 4.99. The predicted molar refractivity (Wildman–Crippen MR) is 131 cm³/mol. The lowest BCUT2D eigenvalue weighted by Crippen LogP contribution is -2.39. The molecule has 0 aliphatic carbocycles. The van der Waals surface area contributed by atoms with E-state index in [1.807, 2.05) is 0 Å². The van der Waals surface area contributed by atoms with Gasteiger partial charge >= 0.3 is 12.1 Å². The van der Waals surface area contributed by atoms with E-state index < -0.39 is 12.1 Å². The van der Waals surface area contributed by atoms with Crippen LogP contribution < -0.4 is 10.6 Å². The summed E-state index contributed by atoms with van der Waals surface area (Å²) in [5.74, 6) is -2.76. The highest BCUT2D eigenvalue weighted by molar-refractivity contribution is 7.17. The molecule has 0 atom stereocenters. The van der Waals surface area contributed by atoms with Gasteiger partial charge in [-0.25, -0.2) is 4.79 Å². The molecule has 1 fully saturated rings. The quantitative estimate of drug-likeness (QED) is 0.322. The van der Waals surface area contributed by atoms with E-state index in [4.69, 9.17) is 9.90 Å². The van der Waals surface area contributed by atoms with Crippen LogP contribution in [0.2, 0.25) is 0 Å². The molecule has 0 saturated carbocycles. The van der Waals surface area contributed by atoms with Crippen LogP contribution in [-0.2, 0) is 11.3 Å². The highest BCUT2D eigenvalue weighted by Gasteiger charge is 2.38. The van der Waals surface area contributed by atoms with Gasteiger partial charge in [-0.1, -0.05) is 42.5 Å². The van der Waals surface area contributed by atoms with Gasteiger partial charge in [-0.05, 0) is 82.4 Å². The van der Waals surface area contributed by atoms with Gasteiger partial charge in [-0.2, -0.15) is 13.2 Å². The molecule has 0 spiro atoms. The molecule has 4 nitrogen and oxygen atoms in total. The van der Waals surface area contributed by atoms with Crippen molar-refractivity contribution in [1.82, 2.24) is 10.6 Å². The maximum Gasteiger partial charge on any atom is 0.490 e. The van der Waals surface area contributed by atoms with Crippen LogP contribution in [0.15, 0.2) is 66.0 Å². The van der Waals surface area contributed by atoms with Crippen molar-refractivity contribution >= 4 is 38.2 Å². The van der Waals surface area contributed by atoms with Crippen molar-refractivity contribution in [2.45, 2.75) is 31.6 Å². The molecule has 3 aromatic carbocycles. The first kappa shape index (κ1) is 24.2. The van der Waals surface area contributed by atoms with Gasteiger partial charge in [0.25, 0.3) is 0 Å². The number of aliphatic carboxylic acids is 1. The maximum atomic E-state index is 10.6. The fourth-order valence-electron chi connectivity index (χ4n) is 4.22. The first-order valence-corrected chi connectivity index (χ1v) is 11.9. The van der Waals surface area contributed by atoms with Gasteiger partial charge in [-0.15, -0.1) is 11.3 Å². The summed E-state index contributed by atoms with van der Waals surface area (Å²) >= 11 is 1.81. The summed E-state index contributed by atoms with van der Waals surface area (Å²) in [5, 5.41) is 20.6. The van der Waals surface area contributed by atoms with E-state index >= 15 is 0 Å². The summed E-state index contributed by atoms with van der Waals surface area (Å²) in [6.45, 7) is 3.18. The number of carbonyl (C=O) groups is 1. The van der Waals surface area contributed by atoms with Crippen LogP contribution in [0.1, 0.15) is 18.4 Å². The molecule has 1 aliphatic rings. The number of carboxylic acid groups (broad SMARTS) is 1. The van der Waals surface area contributed by atoms with Crippen molar-refractivity contribution in [2.75, 3.05) is 13.1 Å². The number of hydrogen-bond acceptors (Lipinski definition) is 4. The lowest BCUT2D eigenvalue weighted by molar-refractivity contribution is -0.192. The van der Waals surface area contributed by atoms with E-state index in [1.165, 1.54) is 50.4 Å². The molecule has 178 valence electrons. The van der Waals surface area contributed by atoms with Gasteiger partial charge in [0.2, 0.25) is 0 Å². The zero-order valence-electron chi connectivity index (χ0n) is 18.4. The number of nitrogens with one attached hydrogen (secondary N) is 2. The summed E-state index contributed by atoms with van der Waals surface area (Å²) in [6, 6.07) is 23.1. The molecule has 0 radical (unpaired) electrons.